The number of hydrogen-bond donors (Lipinski definition) is 1. The zero-order chi connectivity index (χ0) is 14.0. The Bertz CT molecular complexity index is 496. The van der Waals surface area contributed by atoms with Gasteiger partial charge in [0.2, 0.25) is 0 Å². The molecule has 5 nitrogen and oxygen atoms in total. The molecule has 1 N–H and O–H groups in total. The molecule has 19 heavy (non-hydrogen) atoms. The van der Waals surface area contributed by atoms with E-state index < -0.39 is 0 Å². The molecule has 1 atom stereocenters. The van der Waals surface area contributed by atoms with Crippen LogP contribution in [0.25, 0.3) is 0 Å². The van der Waals surface area contributed by atoms with Gasteiger partial charge >= 0.3 is 0 Å². The second-order valence-corrected chi connectivity index (χ2v) is 6.07. The Labute approximate surface area is 114 Å². The van der Waals surface area contributed by atoms with Crippen LogP contribution in [0.2, 0.25) is 0 Å². The monoisotopic (exact) mass is 264 g/mol. The van der Waals surface area contributed by atoms with E-state index in [1.54, 1.807) is 17.0 Å². The maximum atomic E-state index is 12.4. The van der Waals surface area contributed by atoms with Crippen molar-refractivity contribution in [3.63, 3.8) is 0 Å². The van der Waals surface area contributed by atoms with Crippen molar-refractivity contribution in [2.45, 2.75) is 33.2 Å². The van der Waals surface area contributed by atoms with E-state index >= 15 is 0 Å². The molecule has 106 valence electrons. The summed E-state index contributed by atoms with van der Waals surface area (Å²) in [5, 5.41) is 3.24. The van der Waals surface area contributed by atoms with Crippen molar-refractivity contribution < 1.29 is 0 Å². The predicted molar refractivity (Wildman–Crippen MR) is 77.7 cm³/mol. The van der Waals surface area contributed by atoms with Gasteiger partial charge in [-0.25, -0.2) is 4.98 Å². The Morgan fingerprint density at radius 3 is 2.89 bits per heavy atom. The molecule has 1 unspecified atom stereocenters. The van der Waals surface area contributed by atoms with Crippen LogP contribution in [0.4, 0.5) is 5.82 Å². The quantitative estimate of drug-likeness (QED) is 0.889. The summed E-state index contributed by atoms with van der Waals surface area (Å²) < 4.78 is 1.75. The van der Waals surface area contributed by atoms with Gasteiger partial charge in [-0.2, -0.15) is 0 Å². The zero-order valence-corrected chi connectivity index (χ0v) is 12.3. The van der Waals surface area contributed by atoms with Gasteiger partial charge in [-0.1, -0.05) is 6.92 Å². The minimum absolute atomic E-state index is 0.0196. The van der Waals surface area contributed by atoms with E-state index in [1.807, 2.05) is 20.9 Å². The van der Waals surface area contributed by atoms with Crippen molar-refractivity contribution in [3.05, 3.63) is 22.7 Å². The normalized spacial score (nSPS) is 23.3. The van der Waals surface area contributed by atoms with Crippen LogP contribution in [0, 0.1) is 5.41 Å². The lowest BCUT2D eigenvalue weighted by atomic mass is 9.90. The van der Waals surface area contributed by atoms with Crippen molar-refractivity contribution in [3.8, 4) is 0 Å². The summed E-state index contributed by atoms with van der Waals surface area (Å²) >= 11 is 0. The summed E-state index contributed by atoms with van der Waals surface area (Å²) in [5.74, 6) is 0.594. The molecule has 1 aromatic heterocycles. The number of hydrogen-bond acceptors (Lipinski definition) is 4. The first-order chi connectivity index (χ1) is 8.97. The smallest absolute Gasteiger partial charge is 0.293 e. The Kier molecular flexibility index (Phi) is 3.94. The highest BCUT2D eigenvalue weighted by Crippen LogP contribution is 2.30. The second kappa shape index (κ2) is 5.33. The largest absolute Gasteiger partial charge is 0.351 e. The summed E-state index contributed by atoms with van der Waals surface area (Å²) in [6.45, 7) is 9.05. The van der Waals surface area contributed by atoms with Crippen LogP contribution in [0.5, 0.6) is 0 Å². The molecule has 1 fully saturated rings. The molecular formula is C14H24N4O. The third kappa shape index (κ3) is 2.81. The van der Waals surface area contributed by atoms with Crippen molar-refractivity contribution >= 4 is 5.82 Å². The number of nitrogens with one attached hydrogen (secondary N) is 1. The average Bonchev–Trinajstić information content (AvgIpc) is 2.72. The van der Waals surface area contributed by atoms with Gasteiger partial charge in [0.05, 0.1) is 0 Å². The van der Waals surface area contributed by atoms with Crippen LogP contribution in [-0.4, -0.2) is 36.2 Å². The summed E-state index contributed by atoms with van der Waals surface area (Å²) in [6, 6.07) is 0.167. The van der Waals surface area contributed by atoms with Gasteiger partial charge in [-0.15, -0.1) is 0 Å². The molecule has 0 spiro atoms. The summed E-state index contributed by atoms with van der Waals surface area (Å²) in [4.78, 5) is 18.8. The van der Waals surface area contributed by atoms with Crippen molar-refractivity contribution in [2.24, 2.45) is 5.41 Å². The number of nitrogens with zero attached hydrogens (tertiary/aromatic N) is 3. The number of aromatic nitrogens is 2. The van der Waals surface area contributed by atoms with E-state index in [-0.39, 0.29) is 17.0 Å². The van der Waals surface area contributed by atoms with Gasteiger partial charge in [-0.05, 0) is 32.7 Å². The van der Waals surface area contributed by atoms with Gasteiger partial charge < -0.3 is 14.8 Å². The Morgan fingerprint density at radius 1 is 1.53 bits per heavy atom. The third-order valence-electron chi connectivity index (χ3n) is 3.87. The fraction of sp³-hybridized carbons (Fsp3) is 0.714. The standard InChI is InChI=1S/C14H24N4O/c1-11(2)18-8-6-16-12(13(18)19)17-7-5-14(3,10-17)9-15-4/h6,8,11,15H,5,7,9-10H2,1-4H3. The predicted octanol–water partition coefficient (Wildman–Crippen LogP) is 1.26. The zero-order valence-electron chi connectivity index (χ0n) is 12.3. The van der Waals surface area contributed by atoms with Crippen LogP contribution in [0.3, 0.4) is 0 Å². The fourth-order valence-electron chi connectivity index (χ4n) is 2.81. The van der Waals surface area contributed by atoms with Crippen molar-refractivity contribution in [1.29, 1.82) is 0 Å². The molecule has 5 heteroatoms. The lowest BCUT2D eigenvalue weighted by molar-refractivity contribution is 0.355. The van der Waals surface area contributed by atoms with Gasteiger partial charge in [0, 0.05) is 38.1 Å². The van der Waals surface area contributed by atoms with E-state index in [0.717, 1.165) is 26.1 Å². The Hall–Kier alpha value is -1.36. The Morgan fingerprint density at radius 2 is 2.26 bits per heavy atom. The molecule has 2 rings (SSSR count). The van der Waals surface area contributed by atoms with Crippen LogP contribution in [0.15, 0.2) is 17.2 Å². The molecule has 1 aliphatic rings. The molecule has 1 saturated heterocycles. The number of rotatable bonds is 4. The molecule has 0 amide bonds. The molecule has 0 saturated carbocycles. The number of anilines is 1. The molecule has 0 aliphatic carbocycles. The molecule has 1 aromatic rings. The maximum Gasteiger partial charge on any atom is 0.293 e. The van der Waals surface area contributed by atoms with E-state index in [4.69, 9.17) is 0 Å². The topological polar surface area (TPSA) is 50.2 Å². The lowest BCUT2D eigenvalue weighted by Crippen LogP contribution is -2.36. The first kappa shape index (κ1) is 14.1. The molecule has 1 aliphatic heterocycles. The second-order valence-electron chi connectivity index (χ2n) is 6.07. The minimum atomic E-state index is 0.0196. The summed E-state index contributed by atoms with van der Waals surface area (Å²) in [7, 11) is 1.97. The summed E-state index contributed by atoms with van der Waals surface area (Å²) in [5.41, 5.74) is 0.243. The van der Waals surface area contributed by atoms with E-state index in [1.165, 1.54) is 0 Å². The van der Waals surface area contributed by atoms with Gasteiger partial charge in [0.1, 0.15) is 0 Å². The highest BCUT2D eigenvalue weighted by molar-refractivity contribution is 5.38. The van der Waals surface area contributed by atoms with Crippen molar-refractivity contribution in [2.75, 3.05) is 31.6 Å². The van der Waals surface area contributed by atoms with Crippen LogP contribution < -0.4 is 15.8 Å². The van der Waals surface area contributed by atoms with Crippen LogP contribution in [-0.2, 0) is 0 Å². The van der Waals surface area contributed by atoms with E-state index in [0.29, 0.717) is 5.82 Å². The highest BCUT2D eigenvalue weighted by Gasteiger charge is 2.34. The van der Waals surface area contributed by atoms with Gasteiger partial charge in [-0.3, -0.25) is 4.79 Å². The maximum absolute atomic E-state index is 12.4. The summed E-state index contributed by atoms with van der Waals surface area (Å²) in [6.07, 6.45) is 4.58. The molecule has 2 heterocycles. The first-order valence-electron chi connectivity index (χ1n) is 6.93. The highest BCUT2D eigenvalue weighted by atomic mass is 16.1. The first-order valence-corrected chi connectivity index (χ1v) is 6.93. The molecular weight excluding hydrogens is 240 g/mol. The van der Waals surface area contributed by atoms with Crippen molar-refractivity contribution in [1.82, 2.24) is 14.9 Å². The fourth-order valence-corrected chi connectivity index (χ4v) is 2.81. The van der Waals surface area contributed by atoms with E-state index in [2.05, 4.69) is 22.1 Å². The van der Waals surface area contributed by atoms with Gasteiger partial charge in [0.25, 0.3) is 5.56 Å². The van der Waals surface area contributed by atoms with E-state index in [9.17, 15) is 4.79 Å². The minimum Gasteiger partial charge on any atom is -0.351 e. The Balaban J connectivity index is 2.25. The van der Waals surface area contributed by atoms with Crippen LogP contribution in [0.1, 0.15) is 33.2 Å². The average molecular weight is 264 g/mol. The molecule has 0 radical (unpaired) electrons. The van der Waals surface area contributed by atoms with Crippen LogP contribution >= 0.6 is 0 Å². The SMILES string of the molecule is CNCC1(C)CCN(c2nccn(C(C)C)c2=O)C1. The van der Waals surface area contributed by atoms with Gasteiger partial charge in [0.15, 0.2) is 5.82 Å². The third-order valence-corrected chi connectivity index (χ3v) is 3.87. The molecule has 0 bridgehead atoms. The lowest BCUT2D eigenvalue weighted by Gasteiger charge is -2.24. The molecule has 0 aromatic carbocycles.